The van der Waals surface area contributed by atoms with Crippen LogP contribution in [-0.2, 0) is 5.54 Å². The first-order chi connectivity index (χ1) is 5.81. The highest BCUT2D eigenvalue weighted by Gasteiger charge is 2.28. The van der Waals surface area contributed by atoms with E-state index in [4.69, 9.17) is 5.73 Å². The number of nitrogens with two attached hydrogens (primary N) is 1. The molecule has 1 aliphatic carbocycles. The van der Waals surface area contributed by atoms with Gasteiger partial charge in [-0.05, 0) is 25.0 Å². The molecule has 1 aromatic rings. The Hall–Kier alpha value is -1.15. The molecular formula is C10H12N2. The van der Waals surface area contributed by atoms with Crippen LogP contribution in [0.25, 0.3) is 0 Å². The molecular weight excluding hydrogens is 148 g/mol. The van der Waals surface area contributed by atoms with Gasteiger partial charge in [-0.1, -0.05) is 18.2 Å². The third-order valence-electron chi connectivity index (χ3n) is 2.31. The standard InChI is InChI=1S/C10H12N2/c11-10(6-2-3-7-10)9-5-1-4-8-12-9/h1-5,8H,6-7,11H2. The van der Waals surface area contributed by atoms with Gasteiger partial charge in [-0.15, -0.1) is 0 Å². The summed E-state index contributed by atoms with van der Waals surface area (Å²) in [7, 11) is 0. The van der Waals surface area contributed by atoms with Gasteiger partial charge in [0.2, 0.25) is 0 Å². The molecule has 2 rings (SSSR count). The molecule has 0 fully saturated rings. The fourth-order valence-corrected chi connectivity index (χ4v) is 1.54. The molecule has 1 aromatic heterocycles. The van der Waals surface area contributed by atoms with Crippen LogP contribution in [0, 0.1) is 0 Å². The summed E-state index contributed by atoms with van der Waals surface area (Å²) in [5.74, 6) is 0. The van der Waals surface area contributed by atoms with E-state index in [1.807, 2.05) is 18.2 Å². The molecule has 62 valence electrons. The summed E-state index contributed by atoms with van der Waals surface area (Å²) in [6, 6.07) is 5.89. The van der Waals surface area contributed by atoms with Gasteiger partial charge < -0.3 is 5.73 Å². The maximum atomic E-state index is 6.16. The third-order valence-corrected chi connectivity index (χ3v) is 2.31. The lowest BCUT2D eigenvalue weighted by atomic mass is 9.93. The van der Waals surface area contributed by atoms with Crippen LogP contribution in [0.4, 0.5) is 0 Å². The van der Waals surface area contributed by atoms with Crippen LogP contribution in [0.2, 0.25) is 0 Å². The summed E-state index contributed by atoms with van der Waals surface area (Å²) in [6.07, 6.45) is 7.85. The van der Waals surface area contributed by atoms with Crippen LogP contribution >= 0.6 is 0 Å². The van der Waals surface area contributed by atoms with Gasteiger partial charge in [0.1, 0.15) is 0 Å². The second-order valence-electron chi connectivity index (χ2n) is 3.25. The zero-order chi connectivity index (χ0) is 8.44. The molecule has 0 saturated carbocycles. The molecule has 12 heavy (non-hydrogen) atoms. The van der Waals surface area contributed by atoms with Gasteiger partial charge in [0.15, 0.2) is 0 Å². The Kier molecular flexibility index (Phi) is 1.70. The van der Waals surface area contributed by atoms with E-state index >= 15 is 0 Å². The highest BCUT2D eigenvalue weighted by atomic mass is 14.8. The van der Waals surface area contributed by atoms with Gasteiger partial charge in [-0.3, -0.25) is 4.98 Å². The molecule has 0 aromatic carbocycles. The Bertz CT molecular complexity index is 282. The summed E-state index contributed by atoms with van der Waals surface area (Å²) < 4.78 is 0. The second kappa shape index (κ2) is 2.72. The van der Waals surface area contributed by atoms with Crippen molar-refractivity contribution in [2.24, 2.45) is 5.73 Å². The first kappa shape index (κ1) is 7.50. The molecule has 2 nitrogen and oxygen atoms in total. The minimum Gasteiger partial charge on any atom is -0.320 e. The SMILES string of the molecule is NC1(c2ccccn2)CC=CC1. The molecule has 2 N–H and O–H groups in total. The van der Waals surface area contributed by atoms with E-state index in [0.717, 1.165) is 18.5 Å². The van der Waals surface area contributed by atoms with Crippen molar-refractivity contribution in [3.63, 3.8) is 0 Å². The molecule has 1 heterocycles. The van der Waals surface area contributed by atoms with Crippen molar-refractivity contribution in [3.8, 4) is 0 Å². The van der Waals surface area contributed by atoms with Gasteiger partial charge in [0.05, 0.1) is 11.2 Å². The quantitative estimate of drug-likeness (QED) is 0.633. The van der Waals surface area contributed by atoms with E-state index in [-0.39, 0.29) is 5.54 Å². The van der Waals surface area contributed by atoms with Gasteiger partial charge in [-0.25, -0.2) is 0 Å². The van der Waals surface area contributed by atoms with Crippen LogP contribution < -0.4 is 5.73 Å². The Labute approximate surface area is 72.1 Å². The maximum Gasteiger partial charge on any atom is 0.0653 e. The van der Waals surface area contributed by atoms with Gasteiger partial charge in [0.25, 0.3) is 0 Å². The molecule has 0 radical (unpaired) electrons. The normalized spacial score (nSPS) is 19.8. The van der Waals surface area contributed by atoms with Crippen LogP contribution in [0.15, 0.2) is 36.5 Å². The molecule has 0 aliphatic heterocycles. The van der Waals surface area contributed by atoms with Crippen LogP contribution in [-0.4, -0.2) is 4.98 Å². The summed E-state index contributed by atoms with van der Waals surface area (Å²) in [5.41, 5.74) is 6.92. The zero-order valence-electron chi connectivity index (χ0n) is 6.90. The van der Waals surface area contributed by atoms with E-state index in [0.29, 0.717) is 0 Å². The summed E-state index contributed by atoms with van der Waals surface area (Å²) in [6.45, 7) is 0. The lowest BCUT2D eigenvalue weighted by Crippen LogP contribution is -2.34. The highest BCUT2D eigenvalue weighted by molar-refractivity contribution is 5.21. The van der Waals surface area contributed by atoms with E-state index in [9.17, 15) is 0 Å². The largest absolute Gasteiger partial charge is 0.320 e. The summed E-state index contributed by atoms with van der Waals surface area (Å²) in [4.78, 5) is 4.27. The third kappa shape index (κ3) is 1.14. The Morgan fingerprint density at radius 1 is 1.25 bits per heavy atom. The topological polar surface area (TPSA) is 38.9 Å². The van der Waals surface area contributed by atoms with E-state index in [1.54, 1.807) is 6.20 Å². The van der Waals surface area contributed by atoms with E-state index in [2.05, 4.69) is 17.1 Å². The molecule has 0 atom stereocenters. The zero-order valence-corrected chi connectivity index (χ0v) is 6.90. The fraction of sp³-hybridized carbons (Fsp3) is 0.300. The Balaban J connectivity index is 2.31. The van der Waals surface area contributed by atoms with Crippen molar-refractivity contribution < 1.29 is 0 Å². The van der Waals surface area contributed by atoms with Crippen molar-refractivity contribution in [2.45, 2.75) is 18.4 Å². The number of rotatable bonds is 1. The molecule has 2 heteroatoms. The van der Waals surface area contributed by atoms with Crippen molar-refractivity contribution in [2.75, 3.05) is 0 Å². The number of pyridine rings is 1. The van der Waals surface area contributed by atoms with Crippen molar-refractivity contribution >= 4 is 0 Å². The predicted molar refractivity (Wildman–Crippen MR) is 48.5 cm³/mol. The Morgan fingerprint density at radius 3 is 2.58 bits per heavy atom. The van der Waals surface area contributed by atoms with Crippen LogP contribution in [0.5, 0.6) is 0 Å². The lowest BCUT2D eigenvalue weighted by Gasteiger charge is -2.22. The fourth-order valence-electron chi connectivity index (χ4n) is 1.54. The molecule has 1 aliphatic rings. The molecule has 0 amide bonds. The lowest BCUT2D eigenvalue weighted by molar-refractivity contribution is 0.465. The monoisotopic (exact) mass is 160 g/mol. The smallest absolute Gasteiger partial charge is 0.0653 e. The average molecular weight is 160 g/mol. The maximum absolute atomic E-state index is 6.16. The summed E-state index contributed by atoms with van der Waals surface area (Å²) in [5, 5.41) is 0. The number of aromatic nitrogens is 1. The Morgan fingerprint density at radius 2 is 2.00 bits per heavy atom. The first-order valence-electron chi connectivity index (χ1n) is 4.17. The van der Waals surface area contributed by atoms with Crippen molar-refractivity contribution in [1.82, 2.24) is 4.98 Å². The summed E-state index contributed by atoms with van der Waals surface area (Å²) >= 11 is 0. The number of hydrogen-bond acceptors (Lipinski definition) is 2. The minimum absolute atomic E-state index is 0.235. The highest BCUT2D eigenvalue weighted by Crippen LogP contribution is 2.29. The second-order valence-corrected chi connectivity index (χ2v) is 3.25. The average Bonchev–Trinajstić information content (AvgIpc) is 2.55. The van der Waals surface area contributed by atoms with E-state index in [1.165, 1.54) is 0 Å². The first-order valence-corrected chi connectivity index (χ1v) is 4.17. The predicted octanol–water partition coefficient (Wildman–Crippen LogP) is 1.59. The molecule has 0 spiro atoms. The van der Waals surface area contributed by atoms with Crippen molar-refractivity contribution in [1.29, 1.82) is 0 Å². The van der Waals surface area contributed by atoms with Crippen molar-refractivity contribution in [3.05, 3.63) is 42.2 Å². The minimum atomic E-state index is -0.235. The van der Waals surface area contributed by atoms with Gasteiger partial charge in [0, 0.05) is 6.20 Å². The number of hydrogen-bond donors (Lipinski definition) is 1. The molecule has 0 unspecified atom stereocenters. The van der Waals surface area contributed by atoms with Crippen LogP contribution in [0.3, 0.4) is 0 Å². The van der Waals surface area contributed by atoms with Gasteiger partial charge >= 0.3 is 0 Å². The number of nitrogens with zero attached hydrogens (tertiary/aromatic N) is 1. The van der Waals surface area contributed by atoms with E-state index < -0.39 is 0 Å². The molecule has 0 bridgehead atoms. The molecule has 0 saturated heterocycles. The van der Waals surface area contributed by atoms with Gasteiger partial charge in [-0.2, -0.15) is 0 Å². The van der Waals surface area contributed by atoms with Crippen LogP contribution in [0.1, 0.15) is 18.5 Å².